The largest absolute Gasteiger partial charge is 0.493 e. The fourth-order valence-corrected chi connectivity index (χ4v) is 2.88. The second kappa shape index (κ2) is 8.66. The first-order chi connectivity index (χ1) is 12.7. The number of aryl methyl sites for hydroxylation is 1. The number of piperazine rings is 1. The number of ether oxygens (including phenoxy) is 2. The van der Waals surface area contributed by atoms with Crippen molar-refractivity contribution in [1.82, 2.24) is 20.0 Å². The summed E-state index contributed by atoms with van der Waals surface area (Å²) < 4.78 is 16.2. The van der Waals surface area contributed by atoms with Crippen LogP contribution in [0, 0.1) is 6.92 Å². The van der Waals surface area contributed by atoms with Gasteiger partial charge in [-0.1, -0.05) is 12.1 Å². The van der Waals surface area contributed by atoms with Gasteiger partial charge in [0.15, 0.2) is 18.1 Å². The molecule has 1 aliphatic heterocycles. The number of carbonyl (C=O) groups excluding carboxylic acids is 1. The summed E-state index contributed by atoms with van der Waals surface area (Å²) in [6.45, 7) is 5.69. The zero-order valence-electron chi connectivity index (χ0n) is 15.2. The Morgan fingerprint density at radius 2 is 1.88 bits per heavy atom. The van der Waals surface area contributed by atoms with Crippen molar-refractivity contribution < 1.29 is 18.7 Å². The highest BCUT2D eigenvalue weighted by Gasteiger charge is 2.22. The third-order valence-electron chi connectivity index (χ3n) is 4.35. The SMILES string of the molecule is COc1ccccc1OCC(=O)N1CCN(CCc2nnc(C)o2)CC1. The monoisotopic (exact) mass is 360 g/mol. The molecule has 2 heterocycles. The molecule has 1 amide bonds. The standard InChI is InChI=1S/C18H24N4O4/c1-14-19-20-17(26-14)7-8-21-9-11-22(12-10-21)18(23)13-25-16-6-4-3-5-15(16)24-2/h3-6H,7-13H2,1-2H3. The second-order valence-electron chi connectivity index (χ2n) is 6.13. The predicted molar refractivity (Wildman–Crippen MR) is 94.2 cm³/mol. The van der Waals surface area contributed by atoms with Crippen LogP contribution in [-0.4, -0.2) is 72.3 Å². The van der Waals surface area contributed by atoms with E-state index in [1.165, 1.54) is 0 Å². The summed E-state index contributed by atoms with van der Waals surface area (Å²) in [5.41, 5.74) is 0. The molecule has 0 bridgehead atoms. The highest BCUT2D eigenvalue weighted by molar-refractivity contribution is 5.78. The lowest BCUT2D eigenvalue weighted by atomic mass is 10.3. The summed E-state index contributed by atoms with van der Waals surface area (Å²) in [4.78, 5) is 16.5. The van der Waals surface area contributed by atoms with Gasteiger partial charge in [-0.2, -0.15) is 0 Å². The van der Waals surface area contributed by atoms with E-state index in [-0.39, 0.29) is 12.5 Å². The highest BCUT2D eigenvalue weighted by Crippen LogP contribution is 2.25. The van der Waals surface area contributed by atoms with E-state index in [2.05, 4.69) is 15.1 Å². The van der Waals surface area contributed by atoms with Crippen LogP contribution >= 0.6 is 0 Å². The number of nitrogens with zero attached hydrogens (tertiary/aromatic N) is 4. The van der Waals surface area contributed by atoms with E-state index in [0.29, 0.717) is 36.4 Å². The van der Waals surface area contributed by atoms with Crippen LogP contribution in [-0.2, 0) is 11.2 Å². The van der Waals surface area contributed by atoms with Crippen LogP contribution in [0.4, 0.5) is 0 Å². The Morgan fingerprint density at radius 3 is 2.54 bits per heavy atom. The number of rotatable bonds is 7. The van der Waals surface area contributed by atoms with Gasteiger partial charge in [-0.3, -0.25) is 9.69 Å². The van der Waals surface area contributed by atoms with Crippen LogP contribution in [0.25, 0.3) is 0 Å². The molecule has 1 aromatic heterocycles. The van der Waals surface area contributed by atoms with E-state index in [9.17, 15) is 4.79 Å². The molecule has 8 nitrogen and oxygen atoms in total. The number of benzene rings is 1. The van der Waals surface area contributed by atoms with Crippen molar-refractivity contribution in [1.29, 1.82) is 0 Å². The molecule has 0 spiro atoms. The third kappa shape index (κ3) is 4.72. The smallest absolute Gasteiger partial charge is 0.260 e. The van der Waals surface area contributed by atoms with Crippen LogP contribution in [0.5, 0.6) is 11.5 Å². The molecule has 0 N–H and O–H groups in total. The summed E-state index contributed by atoms with van der Waals surface area (Å²) in [5.74, 6) is 2.44. The Balaban J connectivity index is 1.40. The topological polar surface area (TPSA) is 80.9 Å². The van der Waals surface area contributed by atoms with Crippen molar-refractivity contribution >= 4 is 5.91 Å². The quantitative estimate of drug-likeness (QED) is 0.733. The van der Waals surface area contributed by atoms with Crippen molar-refractivity contribution in [2.45, 2.75) is 13.3 Å². The normalized spacial score (nSPS) is 15.1. The van der Waals surface area contributed by atoms with Crippen LogP contribution in [0.15, 0.2) is 28.7 Å². The van der Waals surface area contributed by atoms with Gasteiger partial charge in [-0.15, -0.1) is 10.2 Å². The molecular weight excluding hydrogens is 336 g/mol. The maximum Gasteiger partial charge on any atom is 0.260 e. The minimum absolute atomic E-state index is 0.0110. The number of methoxy groups -OCH3 is 1. The third-order valence-corrected chi connectivity index (χ3v) is 4.35. The van der Waals surface area contributed by atoms with Crippen LogP contribution in [0.1, 0.15) is 11.8 Å². The second-order valence-corrected chi connectivity index (χ2v) is 6.13. The van der Waals surface area contributed by atoms with Crippen molar-refractivity contribution in [3.8, 4) is 11.5 Å². The zero-order chi connectivity index (χ0) is 18.4. The lowest BCUT2D eigenvalue weighted by molar-refractivity contribution is -0.135. The Hall–Kier alpha value is -2.61. The maximum absolute atomic E-state index is 12.4. The van der Waals surface area contributed by atoms with Gasteiger partial charge in [0.2, 0.25) is 11.8 Å². The molecule has 26 heavy (non-hydrogen) atoms. The summed E-state index contributed by atoms with van der Waals surface area (Å²) >= 11 is 0. The lowest BCUT2D eigenvalue weighted by Crippen LogP contribution is -2.50. The molecule has 1 aliphatic rings. The highest BCUT2D eigenvalue weighted by atomic mass is 16.5. The summed E-state index contributed by atoms with van der Waals surface area (Å²) in [6, 6.07) is 7.32. The van der Waals surface area contributed by atoms with E-state index >= 15 is 0 Å². The molecule has 140 valence electrons. The average molecular weight is 360 g/mol. The van der Waals surface area contributed by atoms with Crippen LogP contribution in [0.3, 0.4) is 0 Å². The first kappa shape index (κ1) is 18.2. The molecule has 1 saturated heterocycles. The number of hydrogen-bond acceptors (Lipinski definition) is 7. The van der Waals surface area contributed by atoms with Crippen LogP contribution < -0.4 is 9.47 Å². The fourth-order valence-electron chi connectivity index (χ4n) is 2.88. The summed E-state index contributed by atoms with van der Waals surface area (Å²) in [7, 11) is 1.58. The zero-order valence-corrected chi connectivity index (χ0v) is 15.2. The molecule has 3 rings (SSSR count). The Kier molecular flexibility index (Phi) is 6.06. The summed E-state index contributed by atoms with van der Waals surface area (Å²) in [5, 5.41) is 7.84. The van der Waals surface area contributed by atoms with E-state index < -0.39 is 0 Å². The Morgan fingerprint density at radius 1 is 1.15 bits per heavy atom. The maximum atomic E-state index is 12.4. The Bertz CT molecular complexity index is 725. The molecular formula is C18H24N4O4. The van der Waals surface area contributed by atoms with Gasteiger partial charge in [-0.25, -0.2) is 0 Å². The van der Waals surface area contributed by atoms with Crippen molar-refractivity contribution in [3.05, 3.63) is 36.0 Å². The number of carbonyl (C=O) groups is 1. The predicted octanol–water partition coefficient (Wildman–Crippen LogP) is 1.15. The molecule has 0 unspecified atom stereocenters. The van der Waals surface area contributed by atoms with Gasteiger partial charge in [0.1, 0.15) is 0 Å². The molecule has 8 heteroatoms. The molecule has 0 radical (unpaired) electrons. The number of amides is 1. The van der Waals surface area contributed by atoms with Crippen molar-refractivity contribution in [2.24, 2.45) is 0 Å². The van der Waals surface area contributed by atoms with Gasteiger partial charge in [-0.05, 0) is 12.1 Å². The molecule has 1 aromatic carbocycles. The summed E-state index contributed by atoms with van der Waals surface area (Å²) in [6.07, 6.45) is 0.728. The van der Waals surface area contributed by atoms with Gasteiger partial charge in [0.25, 0.3) is 5.91 Å². The molecule has 1 fully saturated rings. The van der Waals surface area contributed by atoms with Gasteiger partial charge in [0.05, 0.1) is 7.11 Å². The minimum atomic E-state index is -0.0110. The molecule has 0 atom stereocenters. The van der Waals surface area contributed by atoms with Gasteiger partial charge < -0.3 is 18.8 Å². The number of hydrogen-bond donors (Lipinski definition) is 0. The number of aromatic nitrogens is 2. The lowest BCUT2D eigenvalue weighted by Gasteiger charge is -2.34. The first-order valence-corrected chi connectivity index (χ1v) is 8.70. The average Bonchev–Trinajstić information content (AvgIpc) is 3.10. The Labute approximate surface area is 152 Å². The van der Waals surface area contributed by atoms with Gasteiger partial charge >= 0.3 is 0 Å². The van der Waals surface area contributed by atoms with Crippen molar-refractivity contribution in [2.75, 3.05) is 46.4 Å². The van der Waals surface area contributed by atoms with E-state index in [4.69, 9.17) is 13.9 Å². The molecule has 2 aromatic rings. The van der Waals surface area contributed by atoms with Crippen LogP contribution in [0.2, 0.25) is 0 Å². The minimum Gasteiger partial charge on any atom is -0.493 e. The first-order valence-electron chi connectivity index (χ1n) is 8.70. The van der Waals surface area contributed by atoms with E-state index in [1.807, 2.05) is 23.1 Å². The van der Waals surface area contributed by atoms with E-state index in [0.717, 1.165) is 26.1 Å². The van der Waals surface area contributed by atoms with E-state index in [1.54, 1.807) is 20.1 Å². The number of para-hydroxylation sites is 2. The molecule has 0 aliphatic carbocycles. The molecule has 0 saturated carbocycles. The van der Waals surface area contributed by atoms with Crippen molar-refractivity contribution in [3.63, 3.8) is 0 Å². The fraction of sp³-hybridized carbons (Fsp3) is 0.500. The van der Waals surface area contributed by atoms with Gasteiger partial charge in [0, 0.05) is 46.1 Å².